The number of thioether (sulfide) groups is 1. The number of hydrogen-bond donors (Lipinski definition) is 3. The fraction of sp³-hybridized carbons (Fsp3) is 0.579. The number of nitrogens with two attached hydrogens (primary N) is 1. The van der Waals surface area contributed by atoms with Crippen molar-refractivity contribution >= 4 is 47.4 Å². The van der Waals surface area contributed by atoms with Crippen molar-refractivity contribution in [2.24, 2.45) is 5.73 Å². The number of anilines is 2. The largest absolute Gasteiger partial charge is 0.371 e. The van der Waals surface area contributed by atoms with E-state index in [4.69, 9.17) is 5.73 Å². The highest BCUT2D eigenvalue weighted by atomic mass is 35.5. The molecule has 152 valence electrons. The molecule has 2 atom stereocenters. The summed E-state index contributed by atoms with van der Waals surface area (Å²) in [6, 6.07) is 7.14. The van der Waals surface area contributed by atoms with Gasteiger partial charge in [-0.05, 0) is 56.4 Å². The van der Waals surface area contributed by atoms with Crippen LogP contribution in [0, 0.1) is 0 Å². The third kappa shape index (κ3) is 7.99. The Morgan fingerprint density at radius 3 is 2.67 bits per heavy atom. The monoisotopic (exact) mass is 414 g/mol. The average molecular weight is 415 g/mol. The van der Waals surface area contributed by atoms with Crippen LogP contribution < -0.4 is 21.3 Å². The molecule has 6 nitrogen and oxygen atoms in total. The highest BCUT2D eigenvalue weighted by Gasteiger charge is 2.18. The number of halogens is 1. The molecule has 0 bridgehead atoms. The van der Waals surface area contributed by atoms with Crippen molar-refractivity contribution in [1.82, 2.24) is 5.32 Å². The number of carbonyl (C=O) groups is 2. The number of nitrogens with one attached hydrogen (secondary N) is 2. The second-order valence-corrected chi connectivity index (χ2v) is 7.78. The smallest absolute Gasteiger partial charge is 0.237 e. The van der Waals surface area contributed by atoms with Gasteiger partial charge in [-0.1, -0.05) is 6.07 Å². The van der Waals surface area contributed by atoms with Crippen LogP contribution in [-0.2, 0) is 9.59 Å². The Labute approximate surface area is 172 Å². The summed E-state index contributed by atoms with van der Waals surface area (Å²) in [4.78, 5) is 26.6. The first-order valence-electron chi connectivity index (χ1n) is 9.19. The summed E-state index contributed by atoms with van der Waals surface area (Å²) in [5.41, 5.74) is 7.78. The molecule has 1 unspecified atom stereocenters. The number of carbonyl (C=O) groups excluding carboxylic acids is 2. The molecule has 0 aliphatic carbocycles. The quantitative estimate of drug-likeness (QED) is 0.578. The van der Waals surface area contributed by atoms with Gasteiger partial charge < -0.3 is 21.3 Å². The van der Waals surface area contributed by atoms with E-state index in [2.05, 4.69) is 21.6 Å². The Morgan fingerprint density at radius 2 is 2.00 bits per heavy atom. The van der Waals surface area contributed by atoms with Gasteiger partial charge in [0.1, 0.15) is 0 Å². The molecule has 1 aromatic carbocycles. The molecule has 2 rings (SSSR count). The van der Waals surface area contributed by atoms with E-state index in [-0.39, 0.29) is 36.7 Å². The van der Waals surface area contributed by atoms with Gasteiger partial charge in [-0.25, -0.2) is 0 Å². The molecule has 27 heavy (non-hydrogen) atoms. The normalized spacial score (nSPS) is 15.6. The molecule has 1 fully saturated rings. The number of amides is 2. The number of hydrogen-bond acceptors (Lipinski definition) is 5. The van der Waals surface area contributed by atoms with Gasteiger partial charge in [0, 0.05) is 36.9 Å². The maximum Gasteiger partial charge on any atom is 0.237 e. The van der Waals surface area contributed by atoms with Crippen molar-refractivity contribution in [3.63, 3.8) is 0 Å². The fourth-order valence-corrected chi connectivity index (χ4v) is 3.51. The van der Waals surface area contributed by atoms with Gasteiger partial charge in [0.15, 0.2) is 0 Å². The SMILES string of the molecule is CSCC[C@H](N)C(=O)NC(C)CC(=O)Nc1cccc(N2CCCC2)c1.Cl. The van der Waals surface area contributed by atoms with Crippen LogP contribution in [0.15, 0.2) is 24.3 Å². The summed E-state index contributed by atoms with van der Waals surface area (Å²) < 4.78 is 0. The van der Waals surface area contributed by atoms with E-state index in [0.717, 1.165) is 30.2 Å². The zero-order valence-corrected chi connectivity index (χ0v) is 17.7. The van der Waals surface area contributed by atoms with Crippen LogP contribution in [0.5, 0.6) is 0 Å². The minimum atomic E-state index is -0.523. The summed E-state index contributed by atoms with van der Waals surface area (Å²) in [7, 11) is 0. The molecule has 0 aromatic heterocycles. The second kappa shape index (κ2) is 12.1. The molecular formula is C19H31ClN4O2S. The van der Waals surface area contributed by atoms with E-state index < -0.39 is 6.04 Å². The summed E-state index contributed by atoms with van der Waals surface area (Å²) in [5, 5.41) is 5.74. The van der Waals surface area contributed by atoms with Crippen molar-refractivity contribution < 1.29 is 9.59 Å². The van der Waals surface area contributed by atoms with E-state index in [0.29, 0.717) is 6.42 Å². The van der Waals surface area contributed by atoms with Crippen LogP contribution in [0.2, 0.25) is 0 Å². The summed E-state index contributed by atoms with van der Waals surface area (Å²) in [5.74, 6) is 0.529. The standard InChI is InChI=1S/C19H30N4O2S.ClH/c1-14(21-19(25)17(20)8-11-26-2)12-18(24)22-15-6-5-7-16(13-15)23-9-3-4-10-23;/h5-7,13-14,17H,3-4,8-12,20H2,1-2H3,(H,21,25)(H,22,24);1H/t14?,17-;/m0./s1. The van der Waals surface area contributed by atoms with Gasteiger partial charge in [0.25, 0.3) is 0 Å². The van der Waals surface area contributed by atoms with Crippen LogP contribution in [0.25, 0.3) is 0 Å². The lowest BCUT2D eigenvalue weighted by Gasteiger charge is -2.19. The van der Waals surface area contributed by atoms with Gasteiger partial charge in [-0.3, -0.25) is 9.59 Å². The third-order valence-electron chi connectivity index (χ3n) is 4.45. The molecule has 0 saturated carbocycles. The highest BCUT2D eigenvalue weighted by Crippen LogP contribution is 2.23. The Morgan fingerprint density at radius 1 is 1.30 bits per heavy atom. The molecule has 0 radical (unpaired) electrons. The van der Waals surface area contributed by atoms with Gasteiger partial charge in [-0.2, -0.15) is 11.8 Å². The van der Waals surface area contributed by atoms with Crippen LogP contribution in [0.3, 0.4) is 0 Å². The van der Waals surface area contributed by atoms with Crippen molar-refractivity contribution in [3.8, 4) is 0 Å². The van der Waals surface area contributed by atoms with Gasteiger partial charge >= 0.3 is 0 Å². The Hall–Kier alpha value is -1.44. The summed E-state index contributed by atoms with van der Waals surface area (Å²) in [6.07, 6.45) is 5.26. The Kier molecular flexibility index (Phi) is 10.6. The zero-order chi connectivity index (χ0) is 18.9. The fourth-order valence-electron chi connectivity index (χ4n) is 3.02. The molecular weight excluding hydrogens is 384 g/mol. The number of rotatable bonds is 9. The predicted octanol–water partition coefficient (Wildman–Crippen LogP) is 2.62. The van der Waals surface area contributed by atoms with Crippen LogP contribution >= 0.6 is 24.2 Å². The number of benzene rings is 1. The van der Waals surface area contributed by atoms with Crippen molar-refractivity contribution in [2.75, 3.05) is 35.3 Å². The summed E-state index contributed by atoms with van der Waals surface area (Å²) >= 11 is 1.66. The average Bonchev–Trinajstić information content (AvgIpc) is 3.14. The van der Waals surface area contributed by atoms with Crippen LogP contribution in [0.1, 0.15) is 32.6 Å². The molecule has 1 heterocycles. The lowest BCUT2D eigenvalue weighted by molar-refractivity contribution is -0.123. The minimum Gasteiger partial charge on any atom is -0.371 e. The van der Waals surface area contributed by atoms with Crippen molar-refractivity contribution in [2.45, 2.75) is 44.7 Å². The first-order chi connectivity index (χ1) is 12.5. The molecule has 4 N–H and O–H groups in total. The molecule has 2 amide bonds. The molecule has 8 heteroatoms. The molecule has 1 aromatic rings. The highest BCUT2D eigenvalue weighted by molar-refractivity contribution is 7.98. The van der Waals surface area contributed by atoms with Gasteiger partial charge in [0.05, 0.1) is 6.04 Å². The molecule has 1 aliphatic heterocycles. The van der Waals surface area contributed by atoms with Crippen molar-refractivity contribution in [3.05, 3.63) is 24.3 Å². The van der Waals surface area contributed by atoms with E-state index >= 15 is 0 Å². The maximum absolute atomic E-state index is 12.3. The Bertz CT molecular complexity index is 611. The minimum absolute atomic E-state index is 0. The first kappa shape index (κ1) is 23.6. The van der Waals surface area contributed by atoms with E-state index in [1.807, 2.05) is 31.4 Å². The third-order valence-corrected chi connectivity index (χ3v) is 5.10. The van der Waals surface area contributed by atoms with Gasteiger partial charge in [-0.15, -0.1) is 12.4 Å². The number of nitrogens with zero attached hydrogens (tertiary/aromatic N) is 1. The molecule has 1 aliphatic rings. The van der Waals surface area contributed by atoms with E-state index in [1.54, 1.807) is 11.8 Å². The first-order valence-corrected chi connectivity index (χ1v) is 10.6. The van der Waals surface area contributed by atoms with Crippen molar-refractivity contribution in [1.29, 1.82) is 0 Å². The van der Waals surface area contributed by atoms with E-state index in [9.17, 15) is 9.59 Å². The Balaban J connectivity index is 0.00000364. The topological polar surface area (TPSA) is 87.5 Å². The zero-order valence-electron chi connectivity index (χ0n) is 16.1. The lowest BCUT2D eigenvalue weighted by atomic mass is 10.1. The van der Waals surface area contributed by atoms with Crippen LogP contribution in [0.4, 0.5) is 11.4 Å². The predicted molar refractivity (Wildman–Crippen MR) is 117 cm³/mol. The van der Waals surface area contributed by atoms with Crippen LogP contribution in [-0.4, -0.2) is 49.0 Å². The maximum atomic E-state index is 12.3. The van der Waals surface area contributed by atoms with E-state index in [1.165, 1.54) is 12.8 Å². The molecule has 0 spiro atoms. The lowest BCUT2D eigenvalue weighted by Crippen LogP contribution is -2.45. The molecule has 1 saturated heterocycles. The second-order valence-electron chi connectivity index (χ2n) is 6.79. The van der Waals surface area contributed by atoms with Gasteiger partial charge in [0.2, 0.25) is 11.8 Å². The summed E-state index contributed by atoms with van der Waals surface area (Å²) in [6.45, 7) is 3.95.